The van der Waals surface area contributed by atoms with Crippen molar-refractivity contribution in [2.24, 2.45) is 0 Å². The van der Waals surface area contributed by atoms with Gasteiger partial charge in [0.05, 0.1) is 13.2 Å². The van der Waals surface area contributed by atoms with Gasteiger partial charge in [0.25, 0.3) is 0 Å². The minimum atomic E-state index is -0.0945. The van der Waals surface area contributed by atoms with Gasteiger partial charge >= 0.3 is 0 Å². The summed E-state index contributed by atoms with van der Waals surface area (Å²) in [6.07, 6.45) is 10.6. The van der Waals surface area contributed by atoms with Crippen LogP contribution in [0.2, 0.25) is 0 Å². The third-order valence-corrected chi connectivity index (χ3v) is 6.26. The molecule has 4 nitrogen and oxygen atoms in total. The molecule has 2 fully saturated rings. The Morgan fingerprint density at radius 2 is 2.00 bits per heavy atom. The van der Waals surface area contributed by atoms with Crippen molar-refractivity contribution in [2.45, 2.75) is 56.1 Å². The molecule has 1 saturated heterocycles. The van der Waals surface area contributed by atoms with Crippen LogP contribution < -0.4 is 9.47 Å². The van der Waals surface area contributed by atoms with Crippen LogP contribution in [0.25, 0.3) is 0 Å². The Morgan fingerprint density at radius 1 is 1.20 bits per heavy atom. The van der Waals surface area contributed by atoms with Gasteiger partial charge in [-0.2, -0.15) is 0 Å². The van der Waals surface area contributed by atoms with Crippen LogP contribution in [-0.4, -0.2) is 43.5 Å². The van der Waals surface area contributed by atoms with E-state index < -0.39 is 0 Å². The van der Waals surface area contributed by atoms with E-state index in [0.717, 1.165) is 37.3 Å². The molecule has 1 heterocycles. The Hall–Kier alpha value is -1.81. The van der Waals surface area contributed by atoms with Crippen molar-refractivity contribution in [1.82, 2.24) is 4.90 Å². The first-order valence-corrected chi connectivity index (χ1v) is 9.40. The first-order chi connectivity index (χ1) is 12.1. The molecule has 25 heavy (non-hydrogen) atoms. The molecule has 2 aliphatic carbocycles. The van der Waals surface area contributed by atoms with Crippen LogP contribution in [0.4, 0.5) is 0 Å². The van der Waals surface area contributed by atoms with Crippen molar-refractivity contribution < 1.29 is 14.3 Å². The zero-order chi connectivity index (χ0) is 17.4. The second kappa shape index (κ2) is 6.49. The van der Waals surface area contributed by atoms with E-state index in [4.69, 9.17) is 9.47 Å². The number of hydrogen-bond donors (Lipinski definition) is 0. The van der Waals surface area contributed by atoms with Gasteiger partial charge in [-0.25, -0.2) is 0 Å². The maximum absolute atomic E-state index is 12.0. The first kappa shape index (κ1) is 16.6. The number of carbonyl (C=O) groups excluding carboxylic acids is 1. The van der Waals surface area contributed by atoms with E-state index in [1.165, 1.54) is 18.4 Å². The predicted molar refractivity (Wildman–Crippen MR) is 97.4 cm³/mol. The lowest BCUT2D eigenvalue weighted by molar-refractivity contribution is -0.116. The summed E-state index contributed by atoms with van der Waals surface area (Å²) >= 11 is 0. The number of methoxy groups -OCH3 is 1. The summed E-state index contributed by atoms with van der Waals surface area (Å²) in [6.45, 7) is 1.01. The van der Waals surface area contributed by atoms with Crippen molar-refractivity contribution >= 4 is 5.78 Å². The summed E-state index contributed by atoms with van der Waals surface area (Å²) in [7, 11) is 3.82. The maximum Gasteiger partial charge on any atom is 0.161 e. The number of nitrogens with zero attached hydrogens (tertiary/aromatic N) is 1. The first-order valence-electron chi connectivity index (χ1n) is 9.40. The van der Waals surface area contributed by atoms with E-state index in [9.17, 15) is 4.79 Å². The number of carbonyl (C=O) groups is 1. The van der Waals surface area contributed by atoms with Crippen molar-refractivity contribution in [2.75, 3.05) is 20.7 Å². The van der Waals surface area contributed by atoms with E-state index >= 15 is 0 Å². The van der Waals surface area contributed by atoms with Crippen LogP contribution in [0, 0.1) is 0 Å². The Morgan fingerprint density at radius 3 is 2.76 bits per heavy atom. The second-order valence-electron chi connectivity index (χ2n) is 7.68. The molecule has 1 aliphatic heterocycles. The summed E-state index contributed by atoms with van der Waals surface area (Å²) in [5, 5.41) is 0. The molecule has 2 atom stereocenters. The number of benzene rings is 1. The highest BCUT2D eigenvalue weighted by Gasteiger charge is 2.48. The van der Waals surface area contributed by atoms with Gasteiger partial charge in [-0.3, -0.25) is 4.79 Å². The van der Waals surface area contributed by atoms with Crippen LogP contribution in [0.1, 0.15) is 44.1 Å². The Balaban J connectivity index is 1.71. The molecule has 0 aromatic heterocycles. The SMILES string of the molecule is COc1ccc([C@@]23C=CC(=O)C[C@@H]2N(C)CC3)cc1OC1CCCC1. The minimum Gasteiger partial charge on any atom is -0.493 e. The van der Waals surface area contributed by atoms with Crippen molar-refractivity contribution in [3.8, 4) is 11.5 Å². The number of hydrogen-bond acceptors (Lipinski definition) is 4. The molecule has 1 aromatic rings. The highest BCUT2D eigenvalue weighted by atomic mass is 16.5. The van der Waals surface area contributed by atoms with Crippen LogP contribution in [0.3, 0.4) is 0 Å². The zero-order valence-electron chi connectivity index (χ0n) is 15.2. The lowest BCUT2D eigenvalue weighted by atomic mass is 9.69. The molecule has 0 N–H and O–H groups in total. The summed E-state index contributed by atoms with van der Waals surface area (Å²) in [6, 6.07) is 6.56. The fourth-order valence-corrected chi connectivity index (χ4v) is 4.79. The molecular formula is C21H27NO3. The van der Waals surface area contributed by atoms with E-state index in [1.807, 2.05) is 6.07 Å². The van der Waals surface area contributed by atoms with Gasteiger partial charge in [0.1, 0.15) is 0 Å². The van der Waals surface area contributed by atoms with Gasteiger partial charge in [-0.15, -0.1) is 0 Å². The number of ketones is 1. The number of fused-ring (bicyclic) bond motifs is 1. The van der Waals surface area contributed by atoms with Crippen molar-refractivity contribution in [3.05, 3.63) is 35.9 Å². The smallest absolute Gasteiger partial charge is 0.161 e. The highest BCUT2D eigenvalue weighted by molar-refractivity contribution is 5.92. The fourth-order valence-electron chi connectivity index (χ4n) is 4.79. The van der Waals surface area contributed by atoms with E-state index in [0.29, 0.717) is 12.5 Å². The summed E-state index contributed by atoms with van der Waals surface area (Å²) in [5.74, 6) is 1.87. The van der Waals surface area contributed by atoms with Gasteiger partial charge in [0.2, 0.25) is 0 Å². The Labute approximate surface area is 149 Å². The zero-order valence-corrected chi connectivity index (χ0v) is 15.2. The van der Waals surface area contributed by atoms with Crippen LogP contribution >= 0.6 is 0 Å². The fraction of sp³-hybridized carbons (Fsp3) is 0.571. The quantitative estimate of drug-likeness (QED) is 0.840. The average Bonchev–Trinajstić information content (AvgIpc) is 3.24. The van der Waals surface area contributed by atoms with Gasteiger partial charge < -0.3 is 14.4 Å². The van der Waals surface area contributed by atoms with Crippen LogP contribution in [0.5, 0.6) is 11.5 Å². The molecule has 0 unspecified atom stereocenters. The third-order valence-electron chi connectivity index (χ3n) is 6.26. The third kappa shape index (κ3) is 2.86. The molecule has 0 spiro atoms. The summed E-state index contributed by atoms with van der Waals surface area (Å²) in [4.78, 5) is 14.3. The Bertz CT molecular complexity index is 692. The lowest BCUT2D eigenvalue weighted by Crippen LogP contribution is -2.43. The number of ether oxygens (including phenoxy) is 2. The molecule has 0 amide bonds. The highest BCUT2D eigenvalue weighted by Crippen LogP contribution is 2.46. The summed E-state index contributed by atoms with van der Waals surface area (Å²) < 4.78 is 11.8. The van der Waals surface area contributed by atoms with Gasteiger partial charge in [-0.05, 0) is 69.5 Å². The lowest BCUT2D eigenvalue weighted by Gasteiger charge is -2.37. The van der Waals surface area contributed by atoms with Gasteiger partial charge in [0, 0.05) is 17.9 Å². The molecule has 134 valence electrons. The van der Waals surface area contributed by atoms with Crippen LogP contribution in [-0.2, 0) is 10.2 Å². The molecule has 0 bridgehead atoms. The van der Waals surface area contributed by atoms with Gasteiger partial charge in [0.15, 0.2) is 17.3 Å². The normalized spacial score (nSPS) is 29.8. The van der Waals surface area contributed by atoms with E-state index in [2.05, 4.69) is 30.2 Å². The molecule has 4 heteroatoms. The minimum absolute atomic E-state index is 0.0945. The maximum atomic E-state index is 12.0. The Kier molecular flexibility index (Phi) is 4.32. The monoisotopic (exact) mass is 341 g/mol. The standard InChI is InChI=1S/C21H27NO3/c1-22-12-11-21(10-9-16(23)14-20(21)22)15-7-8-18(24-2)19(13-15)25-17-5-3-4-6-17/h7-10,13,17,20H,3-6,11-12,14H2,1-2H3/t20-,21-/m0/s1. The van der Waals surface area contributed by atoms with E-state index in [1.54, 1.807) is 13.2 Å². The molecule has 1 aromatic carbocycles. The number of likely N-dealkylation sites (N-methyl/N-ethyl adjacent to an activating group) is 1. The number of likely N-dealkylation sites (tertiary alicyclic amines) is 1. The largest absolute Gasteiger partial charge is 0.493 e. The summed E-state index contributed by atoms with van der Waals surface area (Å²) in [5.41, 5.74) is 1.14. The topological polar surface area (TPSA) is 38.8 Å². The predicted octanol–water partition coefficient (Wildman–Crippen LogP) is 3.49. The number of allylic oxidation sites excluding steroid dienone is 1. The van der Waals surface area contributed by atoms with Gasteiger partial charge in [-0.1, -0.05) is 12.1 Å². The molecule has 3 aliphatic rings. The van der Waals surface area contributed by atoms with E-state index in [-0.39, 0.29) is 17.2 Å². The molecule has 4 rings (SSSR count). The number of rotatable bonds is 4. The van der Waals surface area contributed by atoms with Crippen molar-refractivity contribution in [1.29, 1.82) is 0 Å². The second-order valence-corrected chi connectivity index (χ2v) is 7.68. The molecular weight excluding hydrogens is 314 g/mol. The molecule has 1 saturated carbocycles. The van der Waals surface area contributed by atoms with Crippen LogP contribution in [0.15, 0.2) is 30.4 Å². The van der Waals surface area contributed by atoms with Crippen molar-refractivity contribution in [3.63, 3.8) is 0 Å². The average molecular weight is 341 g/mol. The molecule has 0 radical (unpaired) electrons.